The molecule has 2 rings (SSSR count). The SMILES string of the molecule is COc1cccc(NC(=O)CN(CC2CCCO2)C(C)=O)c1. The molecule has 6 nitrogen and oxygen atoms in total. The first-order chi connectivity index (χ1) is 10.6. The molecule has 2 amide bonds. The van der Waals surface area contributed by atoms with Crippen LogP contribution in [0.25, 0.3) is 0 Å². The van der Waals surface area contributed by atoms with Crippen molar-refractivity contribution in [3.05, 3.63) is 24.3 Å². The molecule has 1 saturated heterocycles. The van der Waals surface area contributed by atoms with Crippen LogP contribution in [0.5, 0.6) is 5.75 Å². The maximum atomic E-state index is 12.1. The summed E-state index contributed by atoms with van der Waals surface area (Å²) < 4.78 is 10.6. The van der Waals surface area contributed by atoms with E-state index in [1.165, 1.54) is 11.8 Å². The van der Waals surface area contributed by atoms with E-state index in [-0.39, 0.29) is 24.5 Å². The first-order valence-corrected chi connectivity index (χ1v) is 7.39. The predicted octanol–water partition coefficient (Wildman–Crippen LogP) is 1.66. The first kappa shape index (κ1) is 16.3. The van der Waals surface area contributed by atoms with Crippen LogP contribution in [0, 0.1) is 0 Å². The molecule has 1 unspecified atom stereocenters. The Morgan fingerprint density at radius 2 is 2.27 bits per heavy atom. The molecule has 0 spiro atoms. The number of methoxy groups -OCH3 is 1. The number of nitrogens with zero attached hydrogens (tertiary/aromatic N) is 1. The number of benzene rings is 1. The Hall–Kier alpha value is -2.08. The number of rotatable bonds is 6. The van der Waals surface area contributed by atoms with Gasteiger partial charge in [0.15, 0.2) is 0 Å². The van der Waals surface area contributed by atoms with Crippen LogP contribution in [0.15, 0.2) is 24.3 Å². The molecule has 1 aliphatic rings. The monoisotopic (exact) mass is 306 g/mol. The lowest BCUT2D eigenvalue weighted by molar-refractivity contribution is -0.134. The van der Waals surface area contributed by atoms with Gasteiger partial charge in [0.1, 0.15) is 5.75 Å². The van der Waals surface area contributed by atoms with Gasteiger partial charge in [-0.2, -0.15) is 0 Å². The number of ether oxygens (including phenoxy) is 2. The largest absolute Gasteiger partial charge is 0.497 e. The van der Waals surface area contributed by atoms with Gasteiger partial charge in [0, 0.05) is 31.8 Å². The van der Waals surface area contributed by atoms with E-state index < -0.39 is 0 Å². The Morgan fingerprint density at radius 3 is 2.91 bits per heavy atom. The summed E-state index contributed by atoms with van der Waals surface area (Å²) in [6, 6.07) is 7.10. The highest BCUT2D eigenvalue weighted by atomic mass is 16.5. The van der Waals surface area contributed by atoms with Crippen molar-refractivity contribution >= 4 is 17.5 Å². The Balaban J connectivity index is 1.90. The van der Waals surface area contributed by atoms with Crippen molar-refractivity contribution in [2.75, 3.05) is 32.1 Å². The minimum absolute atomic E-state index is 0.0202. The Bertz CT molecular complexity index is 527. The van der Waals surface area contributed by atoms with E-state index in [0.29, 0.717) is 18.0 Å². The summed E-state index contributed by atoms with van der Waals surface area (Å²) in [5.74, 6) is 0.304. The number of anilines is 1. The molecule has 1 aromatic carbocycles. The number of nitrogens with one attached hydrogen (secondary N) is 1. The predicted molar refractivity (Wildman–Crippen MR) is 82.9 cm³/mol. The van der Waals surface area contributed by atoms with E-state index in [9.17, 15) is 9.59 Å². The van der Waals surface area contributed by atoms with Gasteiger partial charge in [-0.25, -0.2) is 0 Å². The summed E-state index contributed by atoms with van der Waals surface area (Å²) in [7, 11) is 1.57. The molecule has 0 radical (unpaired) electrons. The molecule has 1 fully saturated rings. The molecule has 1 aromatic rings. The zero-order valence-corrected chi connectivity index (χ0v) is 13.0. The summed E-state index contributed by atoms with van der Waals surface area (Å²) in [5.41, 5.74) is 0.643. The van der Waals surface area contributed by atoms with Crippen molar-refractivity contribution < 1.29 is 19.1 Å². The summed E-state index contributed by atoms with van der Waals surface area (Å²) >= 11 is 0. The third-order valence-electron chi connectivity index (χ3n) is 3.58. The Morgan fingerprint density at radius 1 is 1.45 bits per heavy atom. The van der Waals surface area contributed by atoms with E-state index in [4.69, 9.17) is 9.47 Å². The van der Waals surface area contributed by atoms with Gasteiger partial charge in [-0.05, 0) is 25.0 Å². The van der Waals surface area contributed by atoms with Crippen LogP contribution in [-0.4, -0.2) is 49.6 Å². The lowest BCUT2D eigenvalue weighted by Gasteiger charge is -2.23. The standard InChI is InChI=1S/C16H22N2O4/c1-12(19)18(10-15-7-4-8-22-15)11-16(20)17-13-5-3-6-14(9-13)21-2/h3,5-6,9,15H,4,7-8,10-11H2,1-2H3,(H,17,20). The van der Waals surface area contributed by atoms with Gasteiger partial charge in [0.25, 0.3) is 0 Å². The van der Waals surface area contributed by atoms with Crippen molar-refractivity contribution in [3.63, 3.8) is 0 Å². The van der Waals surface area contributed by atoms with Crippen LogP contribution in [0.4, 0.5) is 5.69 Å². The minimum atomic E-state index is -0.235. The molecule has 0 aliphatic carbocycles. The fourth-order valence-corrected chi connectivity index (χ4v) is 2.41. The molecular weight excluding hydrogens is 284 g/mol. The molecular formula is C16H22N2O4. The number of amides is 2. The molecule has 0 saturated carbocycles. The third-order valence-corrected chi connectivity index (χ3v) is 3.58. The summed E-state index contributed by atoms with van der Waals surface area (Å²) in [4.78, 5) is 25.3. The lowest BCUT2D eigenvalue weighted by Crippen LogP contribution is -2.41. The van der Waals surface area contributed by atoms with Gasteiger partial charge in [0.2, 0.25) is 11.8 Å². The van der Waals surface area contributed by atoms with E-state index in [0.717, 1.165) is 19.4 Å². The smallest absolute Gasteiger partial charge is 0.243 e. The van der Waals surface area contributed by atoms with Crippen molar-refractivity contribution in [1.29, 1.82) is 0 Å². The molecule has 1 atom stereocenters. The van der Waals surface area contributed by atoms with Gasteiger partial charge in [0.05, 0.1) is 19.8 Å². The van der Waals surface area contributed by atoms with Crippen LogP contribution in [0.1, 0.15) is 19.8 Å². The second-order valence-corrected chi connectivity index (χ2v) is 5.31. The van der Waals surface area contributed by atoms with Crippen LogP contribution in [0.2, 0.25) is 0 Å². The zero-order chi connectivity index (χ0) is 15.9. The summed E-state index contributed by atoms with van der Waals surface area (Å²) in [5, 5.41) is 2.77. The van der Waals surface area contributed by atoms with Gasteiger partial charge >= 0.3 is 0 Å². The topological polar surface area (TPSA) is 67.9 Å². The average molecular weight is 306 g/mol. The van der Waals surface area contributed by atoms with Crippen LogP contribution >= 0.6 is 0 Å². The minimum Gasteiger partial charge on any atom is -0.497 e. The zero-order valence-electron chi connectivity index (χ0n) is 13.0. The van der Waals surface area contributed by atoms with Gasteiger partial charge in [-0.15, -0.1) is 0 Å². The molecule has 6 heteroatoms. The van der Waals surface area contributed by atoms with E-state index in [1.807, 2.05) is 0 Å². The third kappa shape index (κ3) is 4.73. The quantitative estimate of drug-likeness (QED) is 0.868. The molecule has 0 bridgehead atoms. The maximum Gasteiger partial charge on any atom is 0.243 e. The fraction of sp³-hybridized carbons (Fsp3) is 0.500. The Labute approximate surface area is 130 Å². The van der Waals surface area contributed by atoms with E-state index in [1.54, 1.807) is 31.4 Å². The molecule has 120 valence electrons. The van der Waals surface area contributed by atoms with Crippen LogP contribution < -0.4 is 10.1 Å². The first-order valence-electron chi connectivity index (χ1n) is 7.39. The van der Waals surface area contributed by atoms with Crippen molar-refractivity contribution in [2.24, 2.45) is 0 Å². The highest BCUT2D eigenvalue weighted by Gasteiger charge is 2.22. The van der Waals surface area contributed by atoms with E-state index in [2.05, 4.69) is 5.32 Å². The maximum absolute atomic E-state index is 12.1. The summed E-state index contributed by atoms with van der Waals surface area (Å²) in [6.07, 6.45) is 1.97. The molecule has 22 heavy (non-hydrogen) atoms. The average Bonchev–Trinajstić information content (AvgIpc) is 2.99. The highest BCUT2D eigenvalue weighted by molar-refractivity contribution is 5.94. The second kappa shape index (κ2) is 7.79. The van der Waals surface area contributed by atoms with Gasteiger partial charge in [-0.1, -0.05) is 6.07 Å². The van der Waals surface area contributed by atoms with Crippen LogP contribution in [0.3, 0.4) is 0 Å². The highest BCUT2D eigenvalue weighted by Crippen LogP contribution is 2.17. The number of carbonyl (C=O) groups is 2. The number of carbonyl (C=O) groups excluding carboxylic acids is 2. The number of hydrogen-bond acceptors (Lipinski definition) is 4. The molecule has 1 heterocycles. The van der Waals surface area contributed by atoms with Crippen molar-refractivity contribution in [2.45, 2.75) is 25.9 Å². The normalized spacial score (nSPS) is 17.1. The Kier molecular flexibility index (Phi) is 5.77. The number of hydrogen-bond donors (Lipinski definition) is 1. The summed E-state index contributed by atoms with van der Waals surface area (Å²) in [6.45, 7) is 2.67. The molecule has 0 aromatic heterocycles. The second-order valence-electron chi connectivity index (χ2n) is 5.31. The molecule has 1 aliphatic heterocycles. The van der Waals surface area contributed by atoms with Gasteiger partial charge < -0.3 is 19.7 Å². The van der Waals surface area contributed by atoms with Gasteiger partial charge in [-0.3, -0.25) is 9.59 Å². The fourth-order valence-electron chi connectivity index (χ4n) is 2.41. The lowest BCUT2D eigenvalue weighted by atomic mass is 10.2. The van der Waals surface area contributed by atoms with E-state index >= 15 is 0 Å². The molecule has 1 N–H and O–H groups in total. The van der Waals surface area contributed by atoms with Crippen LogP contribution in [-0.2, 0) is 14.3 Å². The van der Waals surface area contributed by atoms with Crippen molar-refractivity contribution in [3.8, 4) is 5.75 Å². The van der Waals surface area contributed by atoms with Crippen molar-refractivity contribution in [1.82, 2.24) is 4.90 Å².